The van der Waals surface area contributed by atoms with E-state index in [1.54, 1.807) is 18.2 Å². The number of nitrogens with zero attached hydrogens (tertiary/aromatic N) is 1. The van der Waals surface area contributed by atoms with Gasteiger partial charge in [0.05, 0.1) is 5.56 Å². The minimum absolute atomic E-state index is 0.287. The molecule has 18 heavy (non-hydrogen) atoms. The molecule has 2 aromatic rings. The molecule has 0 N–H and O–H groups in total. The third-order valence-corrected chi connectivity index (χ3v) is 3.80. The topological polar surface area (TPSA) is 23.8 Å². The zero-order valence-corrected chi connectivity index (χ0v) is 11.4. The van der Waals surface area contributed by atoms with E-state index in [9.17, 15) is 8.78 Å². The van der Waals surface area contributed by atoms with Gasteiger partial charge < -0.3 is 0 Å². The van der Waals surface area contributed by atoms with E-state index in [4.69, 9.17) is 5.26 Å². The van der Waals surface area contributed by atoms with Crippen LogP contribution in [0.5, 0.6) is 0 Å². The monoisotopic (exact) mass is 325 g/mol. The summed E-state index contributed by atoms with van der Waals surface area (Å²) in [7, 11) is 0. The van der Waals surface area contributed by atoms with Crippen LogP contribution in [-0.4, -0.2) is 0 Å². The Labute approximate surface area is 116 Å². The zero-order chi connectivity index (χ0) is 13.1. The smallest absolute Gasteiger partial charge is 0.140 e. The first kappa shape index (κ1) is 13.1. The normalized spacial score (nSPS) is 10.1. The molecule has 0 aliphatic heterocycles. The van der Waals surface area contributed by atoms with Gasteiger partial charge in [0.25, 0.3) is 0 Å². The summed E-state index contributed by atoms with van der Waals surface area (Å²) in [6.07, 6.45) is 0. The quantitative estimate of drug-likeness (QED) is 0.795. The molecule has 0 heterocycles. The maximum Gasteiger partial charge on any atom is 0.140 e. The predicted octanol–water partition coefficient (Wildman–Crippen LogP) is 4.75. The van der Waals surface area contributed by atoms with E-state index in [1.165, 1.54) is 12.1 Å². The molecule has 0 amide bonds. The molecule has 0 saturated heterocycles. The van der Waals surface area contributed by atoms with Crippen LogP contribution in [0.1, 0.15) is 5.56 Å². The maximum absolute atomic E-state index is 13.5. The van der Waals surface area contributed by atoms with E-state index in [0.717, 1.165) is 22.3 Å². The van der Waals surface area contributed by atoms with Gasteiger partial charge in [0.1, 0.15) is 17.7 Å². The predicted molar refractivity (Wildman–Crippen MR) is 69.3 cm³/mol. The van der Waals surface area contributed by atoms with Gasteiger partial charge in [-0.15, -0.1) is 0 Å². The Morgan fingerprint density at radius 3 is 2.44 bits per heavy atom. The number of hydrogen-bond donors (Lipinski definition) is 0. The Morgan fingerprint density at radius 2 is 1.78 bits per heavy atom. The Hall–Kier alpha value is -1.38. The maximum atomic E-state index is 13.5. The first-order valence-corrected chi connectivity index (χ1v) is 6.53. The number of benzene rings is 2. The van der Waals surface area contributed by atoms with Crippen LogP contribution in [-0.2, 0) is 0 Å². The lowest BCUT2D eigenvalue weighted by molar-refractivity contribution is 0.565. The molecular weight excluding hydrogens is 320 g/mol. The van der Waals surface area contributed by atoms with Gasteiger partial charge in [-0.3, -0.25) is 0 Å². The summed E-state index contributed by atoms with van der Waals surface area (Å²) in [6.45, 7) is 0. The van der Waals surface area contributed by atoms with Crippen molar-refractivity contribution in [3.05, 3.63) is 58.1 Å². The SMILES string of the molecule is N#Cc1cc(Br)ccc1Sc1ccc(F)cc1F. The molecule has 90 valence electrons. The average Bonchev–Trinajstić information content (AvgIpc) is 2.34. The van der Waals surface area contributed by atoms with Gasteiger partial charge >= 0.3 is 0 Å². The van der Waals surface area contributed by atoms with Crippen LogP contribution in [0.3, 0.4) is 0 Å². The van der Waals surface area contributed by atoms with E-state index in [0.29, 0.717) is 10.5 Å². The van der Waals surface area contributed by atoms with Crippen LogP contribution in [0.25, 0.3) is 0 Å². The van der Waals surface area contributed by atoms with E-state index >= 15 is 0 Å². The number of rotatable bonds is 2. The summed E-state index contributed by atoms with van der Waals surface area (Å²) < 4.78 is 27.1. The highest BCUT2D eigenvalue weighted by Crippen LogP contribution is 2.33. The summed E-state index contributed by atoms with van der Waals surface area (Å²) in [6, 6.07) is 10.6. The van der Waals surface area contributed by atoms with Crippen molar-refractivity contribution < 1.29 is 8.78 Å². The molecule has 0 saturated carbocycles. The Morgan fingerprint density at radius 1 is 1.06 bits per heavy atom. The van der Waals surface area contributed by atoms with E-state index in [-0.39, 0.29) is 4.90 Å². The molecule has 0 fully saturated rings. The second kappa shape index (κ2) is 5.51. The van der Waals surface area contributed by atoms with Crippen molar-refractivity contribution in [1.82, 2.24) is 0 Å². The molecule has 0 bridgehead atoms. The van der Waals surface area contributed by atoms with Crippen molar-refractivity contribution in [3.63, 3.8) is 0 Å². The fraction of sp³-hybridized carbons (Fsp3) is 0. The summed E-state index contributed by atoms with van der Waals surface area (Å²) in [5.74, 6) is -1.25. The second-order valence-electron chi connectivity index (χ2n) is 3.43. The van der Waals surface area contributed by atoms with Gasteiger partial charge in [0.2, 0.25) is 0 Å². The minimum Gasteiger partial charge on any atom is -0.207 e. The first-order chi connectivity index (χ1) is 8.60. The van der Waals surface area contributed by atoms with Crippen LogP contribution < -0.4 is 0 Å². The second-order valence-corrected chi connectivity index (χ2v) is 5.43. The van der Waals surface area contributed by atoms with E-state index in [1.807, 2.05) is 6.07 Å². The highest BCUT2D eigenvalue weighted by atomic mass is 79.9. The summed E-state index contributed by atoms with van der Waals surface area (Å²) in [4.78, 5) is 0.918. The van der Waals surface area contributed by atoms with Gasteiger partial charge in [-0.1, -0.05) is 27.7 Å². The number of hydrogen-bond acceptors (Lipinski definition) is 2. The molecule has 1 nitrogen and oxygen atoms in total. The molecule has 0 spiro atoms. The molecule has 5 heteroatoms. The lowest BCUT2D eigenvalue weighted by atomic mass is 10.2. The fourth-order valence-electron chi connectivity index (χ4n) is 1.36. The summed E-state index contributed by atoms with van der Waals surface area (Å²) in [5, 5.41) is 9.00. The number of nitriles is 1. The van der Waals surface area contributed by atoms with Gasteiger partial charge in [-0.25, -0.2) is 8.78 Å². The molecule has 0 atom stereocenters. The van der Waals surface area contributed by atoms with Crippen LogP contribution in [0.2, 0.25) is 0 Å². The Balaban J connectivity index is 2.37. The largest absolute Gasteiger partial charge is 0.207 e. The van der Waals surface area contributed by atoms with Crippen LogP contribution in [0, 0.1) is 23.0 Å². The molecule has 0 unspecified atom stereocenters. The van der Waals surface area contributed by atoms with Crippen molar-refractivity contribution >= 4 is 27.7 Å². The molecule has 2 aromatic carbocycles. The highest BCUT2D eigenvalue weighted by Gasteiger charge is 2.09. The fourth-order valence-corrected chi connectivity index (χ4v) is 2.60. The van der Waals surface area contributed by atoms with Gasteiger partial charge in [0, 0.05) is 20.3 Å². The van der Waals surface area contributed by atoms with Gasteiger partial charge in [-0.05, 0) is 30.3 Å². The third kappa shape index (κ3) is 2.89. The molecule has 0 aromatic heterocycles. The highest BCUT2D eigenvalue weighted by molar-refractivity contribution is 9.10. The van der Waals surface area contributed by atoms with Crippen LogP contribution in [0.4, 0.5) is 8.78 Å². The van der Waals surface area contributed by atoms with Gasteiger partial charge in [0.15, 0.2) is 0 Å². The van der Waals surface area contributed by atoms with E-state index in [2.05, 4.69) is 15.9 Å². The molecule has 0 radical (unpaired) electrons. The minimum atomic E-state index is -0.633. The van der Waals surface area contributed by atoms with Gasteiger partial charge in [-0.2, -0.15) is 5.26 Å². The molecule has 2 rings (SSSR count). The molecule has 0 aliphatic rings. The standard InChI is InChI=1S/C13H6BrF2NS/c14-9-1-3-12(8(5-9)7-17)18-13-4-2-10(15)6-11(13)16/h1-6H. The third-order valence-electron chi connectivity index (χ3n) is 2.18. The van der Waals surface area contributed by atoms with Crippen LogP contribution in [0.15, 0.2) is 50.7 Å². The lowest BCUT2D eigenvalue weighted by Gasteiger charge is -2.05. The number of halogens is 3. The summed E-state index contributed by atoms with van der Waals surface area (Å²) in [5.41, 5.74) is 0.443. The molecule has 0 aliphatic carbocycles. The zero-order valence-electron chi connectivity index (χ0n) is 8.95. The van der Waals surface area contributed by atoms with Crippen molar-refractivity contribution in [2.45, 2.75) is 9.79 Å². The van der Waals surface area contributed by atoms with Crippen LogP contribution >= 0.6 is 27.7 Å². The molecular formula is C13H6BrF2NS. The van der Waals surface area contributed by atoms with Crippen molar-refractivity contribution in [2.24, 2.45) is 0 Å². The van der Waals surface area contributed by atoms with Crippen molar-refractivity contribution in [2.75, 3.05) is 0 Å². The van der Waals surface area contributed by atoms with Crippen molar-refractivity contribution in [3.8, 4) is 6.07 Å². The average molecular weight is 326 g/mol. The van der Waals surface area contributed by atoms with E-state index < -0.39 is 11.6 Å². The Kier molecular flexibility index (Phi) is 4.00. The summed E-state index contributed by atoms with van der Waals surface area (Å²) >= 11 is 4.36. The first-order valence-electron chi connectivity index (χ1n) is 4.92. The van der Waals surface area contributed by atoms with Crippen molar-refractivity contribution in [1.29, 1.82) is 5.26 Å². The lowest BCUT2D eigenvalue weighted by Crippen LogP contribution is -1.86. The Bertz CT molecular complexity index is 637.